The number of hydrogen-bond acceptors (Lipinski definition) is 6. The Kier molecular flexibility index (Phi) is 6.95. The molecule has 0 spiro atoms. The standard InChI is InChI=1S/C28H26ClNO6/c1-5-36-23-14-17(7-10-21(23)31)25-24(26(32)19-12-15(2)6-11-22(19)35-4)27(33)28(34)30(25)20-9-8-18(29)13-16(20)3/h6-14,25,31-32H,5H2,1-4H3/b26-24+. The number of aromatic hydroxyl groups is 1. The van der Waals surface area contributed by atoms with E-state index in [9.17, 15) is 19.8 Å². The van der Waals surface area contributed by atoms with E-state index >= 15 is 0 Å². The van der Waals surface area contributed by atoms with Crippen LogP contribution in [0.3, 0.4) is 0 Å². The molecule has 1 aliphatic heterocycles. The third-order valence-electron chi connectivity index (χ3n) is 6.07. The largest absolute Gasteiger partial charge is 0.507 e. The lowest BCUT2D eigenvalue weighted by Gasteiger charge is -2.27. The molecule has 1 saturated heterocycles. The zero-order valence-electron chi connectivity index (χ0n) is 20.3. The molecule has 0 aliphatic carbocycles. The average molecular weight is 508 g/mol. The van der Waals surface area contributed by atoms with E-state index in [-0.39, 0.29) is 28.4 Å². The second-order valence-electron chi connectivity index (χ2n) is 8.46. The summed E-state index contributed by atoms with van der Waals surface area (Å²) >= 11 is 6.14. The Balaban J connectivity index is 2.02. The van der Waals surface area contributed by atoms with Gasteiger partial charge in [0.25, 0.3) is 11.7 Å². The van der Waals surface area contributed by atoms with Gasteiger partial charge >= 0.3 is 0 Å². The van der Waals surface area contributed by atoms with E-state index < -0.39 is 17.7 Å². The molecule has 36 heavy (non-hydrogen) atoms. The number of nitrogens with zero attached hydrogens (tertiary/aromatic N) is 1. The number of carbonyl (C=O) groups is 2. The number of aliphatic hydroxyl groups is 1. The molecule has 3 aromatic rings. The number of phenolic OH excluding ortho intramolecular Hbond substituents is 1. The number of carbonyl (C=O) groups excluding carboxylic acids is 2. The first-order valence-electron chi connectivity index (χ1n) is 11.4. The molecule has 0 saturated carbocycles. The van der Waals surface area contributed by atoms with Gasteiger partial charge < -0.3 is 19.7 Å². The number of hydrogen-bond donors (Lipinski definition) is 2. The maximum absolute atomic E-state index is 13.5. The molecular formula is C28H26ClNO6. The third-order valence-corrected chi connectivity index (χ3v) is 6.31. The van der Waals surface area contributed by atoms with E-state index in [1.54, 1.807) is 56.3 Å². The SMILES string of the molecule is CCOc1cc(C2/C(=C(\O)c3cc(C)ccc3OC)C(=O)C(=O)N2c2ccc(Cl)cc2C)ccc1O. The molecule has 7 nitrogen and oxygen atoms in total. The number of rotatable bonds is 6. The normalized spacial score (nSPS) is 16.9. The van der Waals surface area contributed by atoms with Crippen molar-refractivity contribution in [3.05, 3.63) is 87.4 Å². The van der Waals surface area contributed by atoms with Gasteiger partial charge in [-0.15, -0.1) is 0 Å². The monoisotopic (exact) mass is 507 g/mol. The van der Waals surface area contributed by atoms with Crippen LogP contribution < -0.4 is 14.4 Å². The van der Waals surface area contributed by atoms with E-state index in [1.165, 1.54) is 18.1 Å². The fourth-order valence-electron chi connectivity index (χ4n) is 4.41. The van der Waals surface area contributed by atoms with Gasteiger partial charge in [0.2, 0.25) is 0 Å². The summed E-state index contributed by atoms with van der Waals surface area (Å²) in [4.78, 5) is 28.3. The van der Waals surface area contributed by atoms with Crippen molar-refractivity contribution in [2.75, 3.05) is 18.6 Å². The number of ether oxygens (including phenoxy) is 2. The minimum Gasteiger partial charge on any atom is -0.507 e. The zero-order valence-corrected chi connectivity index (χ0v) is 21.1. The van der Waals surface area contributed by atoms with Crippen LogP contribution in [0.1, 0.15) is 35.2 Å². The zero-order chi connectivity index (χ0) is 26.1. The predicted molar refractivity (Wildman–Crippen MR) is 138 cm³/mol. The summed E-state index contributed by atoms with van der Waals surface area (Å²) in [5, 5.41) is 22.2. The van der Waals surface area contributed by atoms with E-state index in [2.05, 4.69) is 0 Å². The highest BCUT2D eigenvalue weighted by molar-refractivity contribution is 6.52. The van der Waals surface area contributed by atoms with Crippen LogP contribution in [0.15, 0.2) is 60.2 Å². The number of ketones is 1. The van der Waals surface area contributed by atoms with Crippen molar-refractivity contribution in [3.8, 4) is 17.2 Å². The molecule has 0 radical (unpaired) electrons. The van der Waals surface area contributed by atoms with Crippen LogP contribution in [0.4, 0.5) is 5.69 Å². The number of benzene rings is 3. The van der Waals surface area contributed by atoms with Gasteiger partial charge in [0, 0.05) is 10.7 Å². The van der Waals surface area contributed by atoms with E-state index in [1.807, 2.05) is 13.0 Å². The third kappa shape index (κ3) is 4.38. The highest BCUT2D eigenvalue weighted by Crippen LogP contribution is 2.46. The van der Waals surface area contributed by atoms with Crippen LogP contribution in [0.25, 0.3) is 5.76 Å². The highest BCUT2D eigenvalue weighted by atomic mass is 35.5. The van der Waals surface area contributed by atoms with E-state index in [0.717, 1.165) is 5.56 Å². The lowest BCUT2D eigenvalue weighted by molar-refractivity contribution is -0.132. The van der Waals surface area contributed by atoms with Gasteiger partial charge in [-0.05, 0) is 74.4 Å². The van der Waals surface area contributed by atoms with Crippen molar-refractivity contribution in [1.29, 1.82) is 0 Å². The molecule has 0 bridgehead atoms. The summed E-state index contributed by atoms with van der Waals surface area (Å²) in [6.07, 6.45) is 0. The van der Waals surface area contributed by atoms with Crippen molar-refractivity contribution in [1.82, 2.24) is 0 Å². The number of aryl methyl sites for hydroxylation is 2. The van der Waals surface area contributed by atoms with Crippen LogP contribution in [-0.2, 0) is 9.59 Å². The van der Waals surface area contributed by atoms with Crippen LogP contribution in [0, 0.1) is 13.8 Å². The van der Waals surface area contributed by atoms with Crippen LogP contribution in [-0.4, -0.2) is 35.6 Å². The van der Waals surface area contributed by atoms with Crippen molar-refractivity contribution in [3.63, 3.8) is 0 Å². The average Bonchev–Trinajstić information content (AvgIpc) is 3.10. The maximum Gasteiger partial charge on any atom is 0.300 e. The van der Waals surface area contributed by atoms with Gasteiger partial charge in [0.05, 0.1) is 30.9 Å². The van der Waals surface area contributed by atoms with Gasteiger partial charge in [-0.1, -0.05) is 29.3 Å². The van der Waals surface area contributed by atoms with Crippen molar-refractivity contribution < 1.29 is 29.3 Å². The maximum atomic E-state index is 13.5. The van der Waals surface area contributed by atoms with Crippen LogP contribution in [0.5, 0.6) is 17.2 Å². The fraction of sp³-hybridized carbons (Fsp3) is 0.214. The molecule has 1 atom stereocenters. The molecular weight excluding hydrogens is 482 g/mol. The lowest BCUT2D eigenvalue weighted by Crippen LogP contribution is -2.30. The summed E-state index contributed by atoms with van der Waals surface area (Å²) in [6.45, 7) is 5.70. The van der Waals surface area contributed by atoms with Crippen LogP contribution >= 0.6 is 11.6 Å². The Bertz CT molecular complexity index is 1400. The number of amides is 1. The van der Waals surface area contributed by atoms with Gasteiger partial charge in [-0.3, -0.25) is 14.5 Å². The second kappa shape index (κ2) is 9.95. The molecule has 1 heterocycles. The van der Waals surface area contributed by atoms with Crippen molar-refractivity contribution in [2.45, 2.75) is 26.8 Å². The molecule has 1 fully saturated rings. The Labute approximate surface area is 214 Å². The molecule has 1 amide bonds. The van der Waals surface area contributed by atoms with E-state index in [4.69, 9.17) is 21.1 Å². The number of halogens is 1. The first-order valence-corrected chi connectivity index (χ1v) is 11.7. The van der Waals surface area contributed by atoms with Crippen molar-refractivity contribution in [2.24, 2.45) is 0 Å². The first kappa shape index (κ1) is 25.1. The Hall–Kier alpha value is -3.97. The fourth-order valence-corrected chi connectivity index (χ4v) is 4.64. The topological polar surface area (TPSA) is 96.3 Å². The van der Waals surface area contributed by atoms with Gasteiger partial charge in [0.1, 0.15) is 11.5 Å². The quantitative estimate of drug-likeness (QED) is 0.252. The summed E-state index contributed by atoms with van der Waals surface area (Å²) in [5.74, 6) is -1.54. The second-order valence-corrected chi connectivity index (χ2v) is 8.90. The molecule has 4 rings (SSSR count). The number of methoxy groups -OCH3 is 1. The molecule has 8 heteroatoms. The minimum absolute atomic E-state index is 0.0828. The van der Waals surface area contributed by atoms with Gasteiger partial charge in [0.15, 0.2) is 11.5 Å². The number of Topliss-reactive ketones (excluding diaryl/α,β-unsaturated/α-hetero) is 1. The van der Waals surface area contributed by atoms with E-state index in [0.29, 0.717) is 34.2 Å². The smallest absolute Gasteiger partial charge is 0.300 e. The van der Waals surface area contributed by atoms with Gasteiger partial charge in [-0.2, -0.15) is 0 Å². The molecule has 1 unspecified atom stereocenters. The predicted octanol–water partition coefficient (Wildman–Crippen LogP) is 5.70. The molecule has 186 valence electrons. The van der Waals surface area contributed by atoms with Crippen molar-refractivity contribution >= 4 is 34.7 Å². The molecule has 1 aliphatic rings. The number of phenols is 1. The lowest BCUT2D eigenvalue weighted by atomic mass is 9.94. The van der Waals surface area contributed by atoms with Gasteiger partial charge in [-0.25, -0.2) is 0 Å². The Morgan fingerprint density at radius 3 is 2.44 bits per heavy atom. The summed E-state index contributed by atoms with van der Waals surface area (Å²) in [6, 6.07) is 13.8. The molecule has 0 aromatic heterocycles. The van der Waals surface area contributed by atoms with Crippen LogP contribution in [0.2, 0.25) is 5.02 Å². The summed E-state index contributed by atoms with van der Waals surface area (Å²) in [5.41, 5.74) is 2.63. The molecule has 3 aromatic carbocycles. The number of aliphatic hydroxyl groups excluding tert-OH is 1. The summed E-state index contributed by atoms with van der Waals surface area (Å²) < 4.78 is 11.0. The minimum atomic E-state index is -1.00. The summed E-state index contributed by atoms with van der Waals surface area (Å²) in [7, 11) is 1.46. The highest BCUT2D eigenvalue weighted by Gasteiger charge is 2.47. The Morgan fingerprint density at radius 1 is 1.03 bits per heavy atom. The Morgan fingerprint density at radius 2 is 1.78 bits per heavy atom. The first-order chi connectivity index (χ1) is 17.2. The molecule has 2 N–H and O–H groups in total. The number of anilines is 1.